The summed E-state index contributed by atoms with van der Waals surface area (Å²) in [6, 6.07) is 0. The summed E-state index contributed by atoms with van der Waals surface area (Å²) in [5.41, 5.74) is 0. The molecule has 0 aliphatic heterocycles. The molecule has 0 aliphatic carbocycles. The first-order chi connectivity index (χ1) is 2.77. The normalized spacial score (nSPS) is 9.83. The van der Waals surface area contributed by atoms with Crippen molar-refractivity contribution in [2.75, 3.05) is 0 Å². The summed E-state index contributed by atoms with van der Waals surface area (Å²) < 4.78 is 0. The second kappa shape index (κ2) is 3.26. The molecule has 0 nitrogen and oxygen atoms in total. The van der Waals surface area contributed by atoms with Crippen LogP contribution in [0.15, 0.2) is 0 Å². The van der Waals surface area contributed by atoms with Crippen LogP contribution in [-0.4, -0.2) is 7.85 Å². The molecule has 0 fully saturated rings. The molecule has 36 valence electrons. The van der Waals surface area contributed by atoms with Crippen molar-refractivity contribution >= 4 is 7.85 Å². The Morgan fingerprint density at radius 1 is 1.50 bits per heavy atom. The zero-order valence-electron chi connectivity index (χ0n) is 4.99. The Bertz CT molecular complexity index is 25.1. The first-order valence-corrected chi connectivity index (χ1v) is 2.77. The van der Waals surface area contributed by atoms with Gasteiger partial charge in [-0.15, -0.1) is 0 Å². The number of hydrogen-bond donors (Lipinski definition) is 0. The monoisotopic (exact) mass is 84.1 g/mol. The third-order valence-electron chi connectivity index (χ3n) is 0.866. The second-order valence-corrected chi connectivity index (χ2v) is 2.18. The van der Waals surface area contributed by atoms with Gasteiger partial charge in [0.2, 0.25) is 0 Å². The van der Waals surface area contributed by atoms with Crippen LogP contribution in [0.3, 0.4) is 0 Å². The van der Waals surface area contributed by atoms with Gasteiger partial charge in [-0.2, -0.15) is 0 Å². The molecular formula is C5H13B. The molecule has 0 unspecified atom stereocenters. The summed E-state index contributed by atoms with van der Waals surface area (Å²) in [6.07, 6.45) is 2.71. The molecule has 0 spiro atoms. The Morgan fingerprint density at radius 2 is 2.00 bits per heavy atom. The van der Waals surface area contributed by atoms with Gasteiger partial charge in [0.1, 0.15) is 7.85 Å². The van der Waals surface area contributed by atoms with Gasteiger partial charge in [-0.1, -0.05) is 26.6 Å². The van der Waals surface area contributed by atoms with Gasteiger partial charge in [0.05, 0.1) is 0 Å². The fourth-order valence-corrected chi connectivity index (χ4v) is 0.577. The Hall–Kier alpha value is 0.0649. The predicted molar refractivity (Wildman–Crippen MR) is 32.8 cm³/mol. The van der Waals surface area contributed by atoms with E-state index in [0.29, 0.717) is 0 Å². The molecule has 1 heteroatoms. The molecule has 0 aromatic rings. The van der Waals surface area contributed by atoms with E-state index in [1.165, 1.54) is 12.7 Å². The highest BCUT2D eigenvalue weighted by atomic mass is 13.9. The van der Waals surface area contributed by atoms with Gasteiger partial charge < -0.3 is 0 Å². The van der Waals surface area contributed by atoms with Crippen molar-refractivity contribution in [3.63, 3.8) is 0 Å². The Balaban J connectivity index is 2.63. The summed E-state index contributed by atoms with van der Waals surface area (Å²) >= 11 is 0. The summed E-state index contributed by atoms with van der Waals surface area (Å²) in [6.45, 7) is 4.51. The lowest BCUT2D eigenvalue weighted by atomic mass is 9.96. The van der Waals surface area contributed by atoms with Crippen molar-refractivity contribution in [2.45, 2.75) is 26.6 Å². The van der Waals surface area contributed by atoms with Gasteiger partial charge in [0.15, 0.2) is 0 Å². The Morgan fingerprint density at radius 3 is 2.00 bits per heavy atom. The lowest BCUT2D eigenvalue weighted by Crippen LogP contribution is -1.83. The highest BCUT2D eigenvalue weighted by Gasteiger charge is 1.85. The largest absolute Gasteiger partial charge is 0.101 e. The zero-order valence-corrected chi connectivity index (χ0v) is 4.99. The average Bonchev–Trinajstić information content (AvgIpc) is 1.35. The first kappa shape index (κ1) is 6.06. The van der Waals surface area contributed by atoms with Crippen molar-refractivity contribution in [2.24, 2.45) is 5.92 Å². The molecule has 0 N–H and O–H groups in total. The molecule has 0 saturated heterocycles. The van der Waals surface area contributed by atoms with Gasteiger partial charge in [0.25, 0.3) is 0 Å². The van der Waals surface area contributed by atoms with E-state index >= 15 is 0 Å². The molecule has 0 amide bonds. The highest BCUT2D eigenvalue weighted by molar-refractivity contribution is 6.08. The second-order valence-electron chi connectivity index (χ2n) is 2.18. The van der Waals surface area contributed by atoms with Crippen molar-refractivity contribution < 1.29 is 0 Å². The summed E-state index contributed by atoms with van der Waals surface area (Å²) in [4.78, 5) is 0. The molecule has 0 atom stereocenters. The van der Waals surface area contributed by atoms with Crippen molar-refractivity contribution in [1.82, 2.24) is 0 Å². The molecule has 0 saturated carbocycles. The predicted octanol–water partition coefficient (Wildman–Crippen LogP) is 1.08. The topological polar surface area (TPSA) is 0 Å². The molecule has 0 aliphatic rings. The van der Waals surface area contributed by atoms with Crippen LogP contribution in [-0.2, 0) is 0 Å². The van der Waals surface area contributed by atoms with E-state index in [-0.39, 0.29) is 0 Å². The van der Waals surface area contributed by atoms with E-state index in [2.05, 4.69) is 21.7 Å². The van der Waals surface area contributed by atoms with Gasteiger partial charge in [0, 0.05) is 0 Å². The van der Waals surface area contributed by atoms with Crippen LogP contribution in [0.1, 0.15) is 20.3 Å². The molecule has 0 aromatic carbocycles. The van der Waals surface area contributed by atoms with E-state index in [9.17, 15) is 0 Å². The fourth-order valence-electron chi connectivity index (χ4n) is 0.577. The fraction of sp³-hybridized carbons (Fsp3) is 1.00. The minimum Gasteiger partial charge on any atom is -0.0808 e. The minimum atomic E-state index is 0.898. The van der Waals surface area contributed by atoms with Gasteiger partial charge in [-0.25, -0.2) is 0 Å². The first-order valence-electron chi connectivity index (χ1n) is 2.77. The standard InChI is InChI=1S/C5H13B/c1-5(2)3-4-6/h5H,3-4,6H2,1-2H3. The van der Waals surface area contributed by atoms with E-state index in [0.717, 1.165) is 5.92 Å². The quantitative estimate of drug-likeness (QED) is 0.439. The Labute approximate surface area is 41.4 Å². The maximum atomic E-state index is 2.25. The van der Waals surface area contributed by atoms with Crippen LogP contribution in [0.5, 0.6) is 0 Å². The van der Waals surface area contributed by atoms with E-state index < -0.39 is 0 Å². The molecule has 6 heavy (non-hydrogen) atoms. The minimum absolute atomic E-state index is 0.898. The van der Waals surface area contributed by atoms with E-state index in [1.54, 1.807) is 0 Å². The van der Waals surface area contributed by atoms with Gasteiger partial charge in [-0.05, 0) is 5.92 Å². The van der Waals surface area contributed by atoms with E-state index in [4.69, 9.17) is 0 Å². The van der Waals surface area contributed by atoms with Crippen LogP contribution < -0.4 is 0 Å². The maximum Gasteiger partial charge on any atom is 0.101 e. The third-order valence-corrected chi connectivity index (χ3v) is 0.866. The van der Waals surface area contributed by atoms with Crippen molar-refractivity contribution in [3.05, 3.63) is 0 Å². The van der Waals surface area contributed by atoms with Crippen LogP contribution in [0.2, 0.25) is 6.32 Å². The number of rotatable bonds is 2. The lowest BCUT2D eigenvalue weighted by molar-refractivity contribution is 0.626. The van der Waals surface area contributed by atoms with Crippen molar-refractivity contribution in [1.29, 1.82) is 0 Å². The molecule has 0 heterocycles. The lowest BCUT2D eigenvalue weighted by Gasteiger charge is -1.95. The Kier molecular flexibility index (Phi) is 3.30. The van der Waals surface area contributed by atoms with Crippen LogP contribution in [0.4, 0.5) is 0 Å². The van der Waals surface area contributed by atoms with Crippen LogP contribution >= 0.6 is 0 Å². The maximum absolute atomic E-state index is 2.25. The smallest absolute Gasteiger partial charge is 0.0808 e. The molecule has 0 aromatic heterocycles. The summed E-state index contributed by atoms with van der Waals surface area (Å²) in [5.74, 6) is 0.898. The molecular weight excluding hydrogens is 70.9 g/mol. The van der Waals surface area contributed by atoms with E-state index in [1.807, 2.05) is 0 Å². The summed E-state index contributed by atoms with van der Waals surface area (Å²) in [7, 11) is 2.22. The average molecular weight is 84.0 g/mol. The molecule has 0 radical (unpaired) electrons. The molecule has 0 bridgehead atoms. The van der Waals surface area contributed by atoms with Crippen LogP contribution in [0, 0.1) is 5.92 Å². The SMILES string of the molecule is BCCC(C)C. The van der Waals surface area contributed by atoms with Gasteiger partial charge >= 0.3 is 0 Å². The third kappa shape index (κ3) is 4.06. The molecule has 0 rings (SSSR count). The zero-order chi connectivity index (χ0) is 4.99. The van der Waals surface area contributed by atoms with Gasteiger partial charge in [-0.3, -0.25) is 0 Å². The number of hydrogen-bond acceptors (Lipinski definition) is 0. The highest BCUT2D eigenvalue weighted by Crippen LogP contribution is 1.99. The van der Waals surface area contributed by atoms with Crippen molar-refractivity contribution in [3.8, 4) is 0 Å². The summed E-state index contributed by atoms with van der Waals surface area (Å²) in [5, 5.41) is 0. The van der Waals surface area contributed by atoms with Crippen LogP contribution in [0.25, 0.3) is 0 Å².